The van der Waals surface area contributed by atoms with Gasteiger partial charge in [0.25, 0.3) is 5.91 Å². The van der Waals surface area contributed by atoms with Gasteiger partial charge in [-0.05, 0) is 48.0 Å². The van der Waals surface area contributed by atoms with Crippen molar-refractivity contribution in [3.05, 3.63) is 81.8 Å². The topological polar surface area (TPSA) is 64.4 Å². The van der Waals surface area contributed by atoms with Gasteiger partial charge in [-0.1, -0.05) is 41.4 Å². The molecule has 5 nitrogen and oxygen atoms in total. The maximum Gasteiger partial charge on any atom is 0.251 e. The first-order valence-electron chi connectivity index (χ1n) is 8.81. The Hall–Kier alpha value is -3.02. The van der Waals surface area contributed by atoms with E-state index in [0.29, 0.717) is 44.7 Å². The van der Waals surface area contributed by atoms with Crippen molar-refractivity contribution >= 4 is 40.2 Å². The average Bonchev–Trinajstić information content (AvgIpc) is 3.15. The van der Waals surface area contributed by atoms with E-state index >= 15 is 0 Å². The molecule has 0 saturated heterocycles. The Kier molecular flexibility index (Phi) is 5.43. The van der Waals surface area contributed by atoms with Crippen LogP contribution in [0.25, 0.3) is 22.6 Å². The van der Waals surface area contributed by atoms with Crippen LogP contribution in [-0.4, -0.2) is 18.0 Å². The van der Waals surface area contributed by atoms with E-state index < -0.39 is 0 Å². The van der Waals surface area contributed by atoms with Crippen molar-refractivity contribution in [3.8, 4) is 17.2 Å². The highest BCUT2D eigenvalue weighted by Gasteiger charge is 2.16. The van der Waals surface area contributed by atoms with Gasteiger partial charge in [-0.15, -0.1) is 0 Å². The van der Waals surface area contributed by atoms with Crippen molar-refractivity contribution in [3.63, 3.8) is 0 Å². The fourth-order valence-corrected chi connectivity index (χ4v) is 3.46. The molecule has 1 N–H and O–H groups in total. The largest absolute Gasteiger partial charge is 0.497 e. The van der Waals surface area contributed by atoms with Crippen LogP contribution >= 0.6 is 23.2 Å². The van der Waals surface area contributed by atoms with Crippen LogP contribution in [0.4, 0.5) is 0 Å². The molecule has 0 spiro atoms. The van der Waals surface area contributed by atoms with Gasteiger partial charge in [0, 0.05) is 12.1 Å². The van der Waals surface area contributed by atoms with E-state index in [1.807, 2.05) is 24.3 Å². The van der Waals surface area contributed by atoms with Crippen LogP contribution in [-0.2, 0) is 6.54 Å². The minimum atomic E-state index is -0.212. The summed E-state index contributed by atoms with van der Waals surface area (Å²) in [5, 5.41) is 3.78. The zero-order valence-corrected chi connectivity index (χ0v) is 16.9. The molecule has 7 heteroatoms. The average molecular weight is 427 g/mol. The number of halogens is 2. The van der Waals surface area contributed by atoms with Gasteiger partial charge in [0.05, 0.1) is 22.7 Å². The lowest BCUT2D eigenvalue weighted by atomic mass is 10.1. The molecule has 0 atom stereocenters. The van der Waals surface area contributed by atoms with Gasteiger partial charge in [-0.3, -0.25) is 4.79 Å². The summed E-state index contributed by atoms with van der Waals surface area (Å²) in [6, 6.07) is 17.8. The van der Waals surface area contributed by atoms with Gasteiger partial charge in [0.15, 0.2) is 5.58 Å². The Morgan fingerprint density at radius 3 is 2.48 bits per heavy atom. The summed E-state index contributed by atoms with van der Waals surface area (Å²) in [5.74, 6) is 0.869. The van der Waals surface area contributed by atoms with E-state index in [-0.39, 0.29) is 5.91 Å². The highest BCUT2D eigenvalue weighted by molar-refractivity contribution is 6.38. The standard InChI is InChI=1S/C22H16Cl2N2O3/c1-28-15-8-5-13(6-9-15)12-25-21(27)14-7-10-18-19(11-14)29-22(26-18)20-16(23)3-2-4-17(20)24/h2-11H,12H2,1H3,(H,25,27). The quantitative estimate of drug-likeness (QED) is 0.441. The molecule has 0 aliphatic heterocycles. The number of ether oxygens (including phenoxy) is 1. The summed E-state index contributed by atoms with van der Waals surface area (Å²) >= 11 is 12.5. The van der Waals surface area contributed by atoms with Gasteiger partial charge in [-0.25, -0.2) is 4.98 Å². The lowest BCUT2D eigenvalue weighted by Crippen LogP contribution is -2.22. The first kappa shape index (κ1) is 19.3. The third kappa shape index (κ3) is 4.06. The number of nitrogens with one attached hydrogen (secondary N) is 1. The Bertz CT molecular complexity index is 1170. The molecule has 146 valence electrons. The van der Waals surface area contributed by atoms with E-state index in [0.717, 1.165) is 11.3 Å². The monoisotopic (exact) mass is 426 g/mol. The zero-order chi connectivity index (χ0) is 20.4. The third-order valence-corrected chi connectivity index (χ3v) is 5.07. The molecule has 1 heterocycles. The lowest BCUT2D eigenvalue weighted by Gasteiger charge is -2.06. The van der Waals surface area contributed by atoms with Gasteiger partial charge >= 0.3 is 0 Å². The molecule has 0 radical (unpaired) electrons. The second-order valence-corrected chi connectivity index (χ2v) is 7.14. The lowest BCUT2D eigenvalue weighted by molar-refractivity contribution is 0.0951. The molecule has 4 aromatic rings. The van der Waals surface area contributed by atoms with Crippen LogP contribution in [0, 0.1) is 0 Å². The first-order chi connectivity index (χ1) is 14.0. The van der Waals surface area contributed by atoms with Crippen LogP contribution < -0.4 is 10.1 Å². The summed E-state index contributed by atoms with van der Waals surface area (Å²) in [4.78, 5) is 17.0. The number of fused-ring (bicyclic) bond motifs is 1. The molecule has 1 amide bonds. The number of nitrogens with zero attached hydrogens (tertiary/aromatic N) is 1. The molecule has 0 bridgehead atoms. The van der Waals surface area contributed by atoms with Crippen LogP contribution in [0.2, 0.25) is 10.0 Å². The number of amides is 1. The first-order valence-corrected chi connectivity index (χ1v) is 9.57. The highest BCUT2D eigenvalue weighted by atomic mass is 35.5. The fraction of sp³-hybridized carbons (Fsp3) is 0.0909. The van der Waals surface area contributed by atoms with Crippen LogP contribution in [0.5, 0.6) is 5.75 Å². The Morgan fingerprint density at radius 1 is 1.07 bits per heavy atom. The molecule has 0 aliphatic carbocycles. The summed E-state index contributed by atoms with van der Waals surface area (Å²) in [7, 11) is 1.61. The number of oxazole rings is 1. The normalized spacial score (nSPS) is 10.9. The number of carbonyl (C=O) groups is 1. The van der Waals surface area contributed by atoms with E-state index in [2.05, 4.69) is 10.3 Å². The van der Waals surface area contributed by atoms with Crippen molar-refractivity contribution < 1.29 is 13.9 Å². The molecule has 0 unspecified atom stereocenters. The van der Waals surface area contributed by atoms with Crippen LogP contribution in [0.3, 0.4) is 0 Å². The van der Waals surface area contributed by atoms with E-state index in [4.69, 9.17) is 32.4 Å². The van der Waals surface area contributed by atoms with Crippen molar-refractivity contribution in [1.82, 2.24) is 10.3 Å². The van der Waals surface area contributed by atoms with Crippen molar-refractivity contribution in [2.75, 3.05) is 7.11 Å². The predicted octanol–water partition coefficient (Wildman–Crippen LogP) is 5.74. The molecule has 4 rings (SSSR count). The number of benzene rings is 3. The number of rotatable bonds is 5. The van der Waals surface area contributed by atoms with Gasteiger partial charge in [0.1, 0.15) is 11.3 Å². The predicted molar refractivity (Wildman–Crippen MR) is 114 cm³/mol. The summed E-state index contributed by atoms with van der Waals surface area (Å²) in [5.41, 5.74) is 3.06. The maximum absolute atomic E-state index is 12.5. The molecular formula is C22H16Cl2N2O3. The molecule has 1 aromatic heterocycles. The smallest absolute Gasteiger partial charge is 0.251 e. The second-order valence-electron chi connectivity index (χ2n) is 6.33. The van der Waals surface area contributed by atoms with Crippen molar-refractivity contribution in [1.29, 1.82) is 0 Å². The molecule has 0 aliphatic rings. The molecule has 3 aromatic carbocycles. The Labute approximate surface area is 177 Å². The van der Waals surface area contributed by atoms with Gasteiger partial charge in [-0.2, -0.15) is 0 Å². The number of carbonyl (C=O) groups excluding carboxylic acids is 1. The van der Waals surface area contributed by atoms with E-state index in [1.165, 1.54) is 0 Å². The molecule has 0 fully saturated rings. The summed E-state index contributed by atoms with van der Waals surface area (Å²) in [6.45, 7) is 0.401. The molecular weight excluding hydrogens is 411 g/mol. The zero-order valence-electron chi connectivity index (χ0n) is 15.4. The summed E-state index contributed by atoms with van der Waals surface area (Å²) in [6.07, 6.45) is 0. The molecule has 0 saturated carbocycles. The number of hydrogen-bond acceptors (Lipinski definition) is 4. The van der Waals surface area contributed by atoms with Crippen molar-refractivity contribution in [2.45, 2.75) is 6.54 Å². The SMILES string of the molecule is COc1ccc(CNC(=O)c2ccc3nc(-c4c(Cl)cccc4Cl)oc3c2)cc1. The minimum absolute atomic E-state index is 0.212. The van der Waals surface area contributed by atoms with E-state index in [1.54, 1.807) is 43.5 Å². The summed E-state index contributed by atoms with van der Waals surface area (Å²) < 4.78 is 11.0. The minimum Gasteiger partial charge on any atom is -0.497 e. The maximum atomic E-state index is 12.5. The Morgan fingerprint density at radius 2 is 1.79 bits per heavy atom. The van der Waals surface area contributed by atoms with Gasteiger partial charge in [0.2, 0.25) is 5.89 Å². The molecule has 29 heavy (non-hydrogen) atoms. The van der Waals surface area contributed by atoms with Gasteiger partial charge < -0.3 is 14.5 Å². The highest BCUT2D eigenvalue weighted by Crippen LogP contribution is 2.35. The van der Waals surface area contributed by atoms with Crippen LogP contribution in [0.1, 0.15) is 15.9 Å². The van der Waals surface area contributed by atoms with Crippen molar-refractivity contribution in [2.24, 2.45) is 0 Å². The second kappa shape index (κ2) is 8.15. The Balaban J connectivity index is 1.54. The van der Waals surface area contributed by atoms with E-state index in [9.17, 15) is 4.79 Å². The fourth-order valence-electron chi connectivity index (χ4n) is 2.90. The van der Waals surface area contributed by atoms with Crippen LogP contribution in [0.15, 0.2) is 65.1 Å². The third-order valence-electron chi connectivity index (χ3n) is 4.44. The number of hydrogen-bond donors (Lipinski definition) is 1. The number of methoxy groups -OCH3 is 1. The number of aromatic nitrogens is 1.